The summed E-state index contributed by atoms with van der Waals surface area (Å²) in [5, 5.41) is 8.71. The fourth-order valence-electron chi connectivity index (χ4n) is 3.34. The van der Waals surface area contributed by atoms with E-state index < -0.39 is 11.9 Å². The van der Waals surface area contributed by atoms with E-state index in [1.807, 2.05) is 35.2 Å². The first-order valence-electron chi connectivity index (χ1n) is 9.86. The van der Waals surface area contributed by atoms with Gasteiger partial charge in [-0.05, 0) is 39.2 Å². The maximum absolute atomic E-state index is 12.6. The molecule has 2 heterocycles. The number of aryl methyl sites for hydroxylation is 1. The number of hydrogen-bond acceptors (Lipinski definition) is 6. The molecule has 0 aliphatic carbocycles. The van der Waals surface area contributed by atoms with Crippen molar-refractivity contribution in [3.05, 3.63) is 58.9 Å². The van der Waals surface area contributed by atoms with Gasteiger partial charge in [-0.25, -0.2) is 14.6 Å². The third kappa shape index (κ3) is 4.45. The van der Waals surface area contributed by atoms with Gasteiger partial charge in [0.05, 0.1) is 30.2 Å². The molecule has 0 saturated carbocycles. The molecule has 0 amide bonds. The van der Waals surface area contributed by atoms with Crippen LogP contribution in [0.5, 0.6) is 0 Å². The number of fused-ring (bicyclic) bond motifs is 1. The van der Waals surface area contributed by atoms with E-state index in [4.69, 9.17) is 14.9 Å². The number of nitrogens with one attached hydrogen (secondary N) is 1. The maximum atomic E-state index is 12.6. The number of ether oxygens (including phenoxy) is 2. The third-order valence-corrected chi connectivity index (χ3v) is 4.70. The van der Waals surface area contributed by atoms with Gasteiger partial charge < -0.3 is 14.4 Å². The zero-order chi connectivity index (χ0) is 20.8. The number of nitrogens with zero attached hydrogens (tertiary/aromatic N) is 2. The zero-order valence-electron chi connectivity index (χ0n) is 16.7. The lowest BCUT2D eigenvalue weighted by molar-refractivity contribution is 0.0473. The predicted molar refractivity (Wildman–Crippen MR) is 110 cm³/mol. The highest BCUT2D eigenvalue weighted by atomic mass is 16.5. The number of carbonyl (C=O) groups excluding carboxylic acids is 2. The summed E-state index contributed by atoms with van der Waals surface area (Å²) in [5.74, 6) is -0.942. The molecule has 2 aromatic rings. The molecule has 0 atom stereocenters. The number of esters is 2. The Balaban J connectivity index is 2.11. The van der Waals surface area contributed by atoms with Crippen LogP contribution in [-0.2, 0) is 15.9 Å². The molecule has 1 aromatic heterocycles. The summed E-state index contributed by atoms with van der Waals surface area (Å²) < 4.78 is 10.2. The molecule has 7 nitrogen and oxygen atoms in total. The number of amidine groups is 1. The van der Waals surface area contributed by atoms with Crippen LogP contribution in [0.3, 0.4) is 0 Å². The smallest absolute Gasteiger partial charge is 0.357 e. The molecule has 1 aliphatic rings. The van der Waals surface area contributed by atoms with E-state index in [0.29, 0.717) is 30.2 Å². The molecule has 0 unspecified atom stereocenters. The normalized spacial score (nSPS) is 13.2. The first-order valence-corrected chi connectivity index (χ1v) is 9.86. The van der Waals surface area contributed by atoms with Gasteiger partial charge in [-0.2, -0.15) is 0 Å². The molecule has 0 bridgehead atoms. The molecular formula is C22H25N3O4. The highest BCUT2D eigenvalue weighted by molar-refractivity contribution is 6.09. The van der Waals surface area contributed by atoms with Gasteiger partial charge in [0, 0.05) is 12.1 Å². The van der Waals surface area contributed by atoms with Crippen LogP contribution in [0.2, 0.25) is 0 Å². The van der Waals surface area contributed by atoms with Gasteiger partial charge in [-0.15, -0.1) is 0 Å². The molecule has 1 aliphatic heterocycles. The molecule has 0 fully saturated rings. The van der Waals surface area contributed by atoms with Gasteiger partial charge in [0.2, 0.25) is 0 Å². The molecule has 152 valence electrons. The summed E-state index contributed by atoms with van der Waals surface area (Å²) in [6.45, 7) is 4.40. The Bertz CT molecular complexity index is 912. The molecule has 1 N–H and O–H groups in total. The van der Waals surface area contributed by atoms with Crippen LogP contribution in [-0.4, -0.2) is 42.5 Å². The Hall–Kier alpha value is -3.22. The van der Waals surface area contributed by atoms with Gasteiger partial charge in [0.15, 0.2) is 5.69 Å². The standard InChI is InChI=1S/C22H25N3O4/c1-3-28-21(26)16-14-18-17(24-19(16)22(27)29-4-2)12-8-9-13-25(18)20(23)15-10-6-5-7-11-15/h5-7,10-11,14,23H,3-4,8-9,12-13H2,1-2H3. The second kappa shape index (κ2) is 9.32. The quantitative estimate of drug-likeness (QED) is 0.472. The number of anilines is 1. The van der Waals surface area contributed by atoms with Crippen LogP contribution in [0, 0.1) is 5.41 Å². The average Bonchev–Trinajstić information content (AvgIpc) is 2.95. The Labute approximate surface area is 170 Å². The van der Waals surface area contributed by atoms with Gasteiger partial charge in [0.25, 0.3) is 0 Å². The maximum Gasteiger partial charge on any atom is 0.357 e. The monoisotopic (exact) mass is 395 g/mol. The van der Waals surface area contributed by atoms with Gasteiger partial charge in [0.1, 0.15) is 5.84 Å². The van der Waals surface area contributed by atoms with E-state index in [2.05, 4.69) is 4.98 Å². The van der Waals surface area contributed by atoms with Crippen LogP contribution in [0.4, 0.5) is 5.69 Å². The second-order valence-electron chi connectivity index (χ2n) is 6.61. The van der Waals surface area contributed by atoms with Crippen LogP contribution in [0.25, 0.3) is 0 Å². The van der Waals surface area contributed by atoms with Crippen molar-refractivity contribution >= 4 is 23.5 Å². The van der Waals surface area contributed by atoms with Crippen molar-refractivity contribution in [2.75, 3.05) is 24.7 Å². The number of benzene rings is 1. The summed E-state index contributed by atoms with van der Waals surface area (Å²) in [4.78, 5) is 31.3. The molecule has 0 saturated heterocycles. The van der Waals surface area contributed by atoms with E-state index in [9.17, 15) is 9.59 Å². The number of pyridine rings is 1. The number of rotatable bonds is 5. The summed E-state index contributed by atoms with van der Waals surface area (Å²) >= 11 is 0. The highest BCUT2D eigenvalue weighted by Crippen LogP contribution is 2.29. The van der Waals surface area contributed by atoms with Crippen LogP contribution >= 0.6 is 0 Å². The molecule has 0 spiro atoms. The van der Waals surface area contributed by atoms with Crippen LogP contribution in [0.1, 0.15) is 58.8 Å². The summed E-state index contributed by atoms with van der Waals surface area (Å²) in [7, 11) is 0. The van der Waals surface area contributed by atoms with Crippen molar-refractivity contribution in [1.29, 1.82) is 5.41 Å². The average molecular weight is 395 g/mol. The molecule has 1 aromatic carbocycles. The lowest BCUT2D eigenvalue weighted by Crippen LogP contribution is -2.32. The lowest BCUT2D eigenvalue weighted by Gasteiger charge is -2.26. The zero-order valence-corrected chi connectivity index (χ0v) is 16.7. The van der Waals surface area contributed by atoms with Gasteiger partial charge >= 0.3 is 11.9 Å². The van der Waals surface area contributed by atoms with Crippen molar-refractivity contribution in [3.8, 4) is 0 Å². The SMILES string of the molecule is CCOC(=O)c1cc2c(nc1C(=O)OCC)CCCCN2C(=N)c1ccccc1. The molecule has 29 heavy (non-hydrogen) atoms. The second-order valence-corrected chi connectivity index (χ2v) is 6.61. The van der Waals surface area contributed by atoms with E-state index in [1.54, 1.807) is 19.9 Å². The molecular weight excluding hydrogens is 370 g/mol. The molecule has 0 radical (unpaired) electrons. The van der Waals surface area contributed by atoms with E-state index in [-0.39, 0.29) is 24.5 Å². The Morgan fingerprint density at radius 2 is 1.76 bits per heavy atom. The Morgan fingerprint density at radius 3 is 2.45 bits per heavy atom. The topological polar surface area (TPSA) is 92.6 Å². The number of hydrogen-bond donors (Lipinski definition) is 1. The van der Waals surface area contributed by atoms with Crippen molar-refractivity contribution in [3.63, 3.8) is 0 Å². The molecule has 7 heteroatoms. The summed E-state index contributed by atoms with van der Waals surface area (Å²) in [6, 6.07) is 11.0. The van der Waals surface area contributed by atoms with Crippen LogP contribution < -0.4 is 4.90 Å². The van der Waals surface area contributed by atoms with Gasteiger partial charge in [-0.3, -0.25) is 5.41 Å². The number of aromatic nitrogens is 1. The van der Waals surface area contributed by atoms with E-state index in [0.717, 1.165) is 18.4 Å². The summed E-state index contributed by atoms with van der Waals surface area (Å²) in [6.07, 6.45) is 2.40. The minimum Gasteiger partial charge on any atom is -0.462 e. The van der Waals surface area contributed by atoms with Gasteiger partial charge in [-0.1, -0.05) is 30.3 Å². The first-order chi connectivity index (χ1) is 14.1. The fourth-order valence-corrected chi connectivity index (χ4v) is 3.34. The first kappa shape index (κ1) is 20.5. The fraction of sp³-hybridized carbons (Fsp3) is 0.364. The highest BCUT2D eigenvalue weighted by Gasteiger charge is 2.28. The van der Waals surface area contributed by atoms with Crippen molar-refractivity contribution in [2.24, 2.45) is 0 Å². The largest absolute Gasteiger partial charge is 0.462 e. The van der Waals surface area contributed by atoms with Crippen molar-refractivity contribution in [2.45, 2.75) is 33.1 Å². The minimum absolute atomic E-state index is 0.0304. The van der Waals surface area contributed by atoms with E-state index >= 15 is 0 Å². The van der Waals surface area contributed by atoms with Crippen molar-refractivity contribution in [1.82, 2.24) is 4.98 Å². The van der Waals surface area contributed by atoms with Crippen molar-refractivity contribution < 1.29 is 19.1 Å². The van der Waals surface area contributed by atoms with E-state index in [1.165, 1.54) is 0 Å². The number of carbonyl (C=O) groups is 2. The Kier molecular flexibility index (Phi) is 6.59. The predicted octanol–water partition coefficient (Wildman–Crippen LogP) is 3.60. The molecule has 3 rings (SSSR count). The lowest BCUT2D eigenvalue weighted by atomic mass is 10.1. The minimum atomic E-state index is -0.646. The Morgan fingerprint density at radius 1 is 1.07 bits per heavy atom. The third-order valence-electron chi connectivity index (χ3n) is 4.70. The summed E-state index contributed by atoms with van der Waals surface area (Å²) in [5.41, 5.74) is 2.15. The van der Waals surface area contributed by atoms with Crippen LogP contribution in [0.15, 0.2) is 36.4 Å².